The van der Waals surface area contributed by atoms with Crippen LogP contribution < -0.4 is 4.74 Å². The zero-order valence-electron chi connectivity index (χ0n) is 9.60. The molecule has 4 nitrogen and oxygen atoms in total. The van der Waals surface area contributed by atoms with Gasteiger partial charge in [-0.15, -0.1) is 0 Å². The van der Waals surface area contributed by atoms with Gasteiger partial charge in [0.2, 0.25) is 0 Å². The summed E-state index contributed by atoms with van der Waals surface area (Å²) in [4.78, 5) is 11.2. The quantitative estimate of drug-likeness (QED) is 0.866. The predicted octanol–water partition coefficient (Wildman–Crippen LogP) is 1.82. The molecule has 0 unspecified atom stereocenters. The van der Waals surface area contributed by atoms with E-state index >= 15 is 0 Å². The van der Waals surface area contributed by atoms with Gasteiger partial charge in [-0.05, 0) is 17.7 Å². The summed E-state index contributed by atoms with van der Waals surface area (Å²) in [6.07, 6.45) is 2.51. The Labute approximate surface area is 99.5 Å². The van der Waals surface area contributed by atoms with Gasteiger partial charge in [-0.25, -0.2) is 0 Å². The Morgan fingerprint density at radius 3 is 3.00 bits per heavy atom. The van der Waals surface area contributed by atoms with Gasteiger partial charge >= 0.3 is 0 Å². The van der Waals surface area contributed by atoms with Gasteiger partial charge in [-0.1, -0.05) is 6.07 Å². The molecule has 0 saturated carbocycles. The summed E-state index contributed by atoms with van der Waals surface area (Å²) in [7, 11) is 1.50. The summed E-state index contributed by atoms with van der Waals surface area (Å²) in [6.45, 7) is 0.444. The average Bonchev–Trinajstić information content (AvgIpc) is 2.32. The standard InChI is InChI=1S/C13H14O4/c1-16-13-7-9(2-3-12(13)15)6-11-8-10(14)4-5-17-11/h2-3,7-8,15H,4-6H2,1H3. The Balaban J connectivity index is 2.16. The lowest BCUT2D eigenvalue weighted by molar-refractivity contribution is -0.116. The second-order valence-electron chi connectivity index (χ2n) is 3.86. The molecule has 1 aromatic carbocycles. The van der Waals surface area contributed by atoms with Crippen LogP contribution in [0.5, 0.6) is 11.5 Å². The highest BCUT2D eigenvalue weighted by Crippen LogP contribution is 2.27. The van der Waals surface area contributed by atoms with E-state index in [1.807, 2.05) is 0 Å². The summed E-state index contributed by atoms with van der Waals surface area (Å²) >= 11 is 0. The maximum atomic E-state index is 11.2. The van der Waals surface area contributed by atoms with Gasteiger partial charge in [-0.2, -0.15) is 0 Å². The number of methoxy groups -OCH3 is 1. The highest BCUT2D eigenvalue weighted by molar-refractivity contribution is 5.90. The van der Waals surface area contributed by atoms with Gasteiger partial charge in [0.25, 0.3) is 0 Å². The molecule has 0 radical (unpaired) electrons. The lowest BCUT2D eigenvalue weighted by Gasteiger charge is -2.14. The number of rotatable bonds is 3. The molecule has 0 aliphatic carbocycles. The molecule has 17 heavy (non-hydrogen) atoms. The highest BCUT2D eigenvalue weighted by atomic mass is 16.5. The number of ketones is 1. The van der Waals surface area contributed by atoms with Gasteiger partial charge in [0.1, 0.15) is 5.76 Å². The SMILES string of the molecule is COc1cc(CC2=CC(=O)CCO2)ccc1O. The van der Waals surface area contributed by atoms with E-state index in [1.54, 1.807) is 18.2 Å². The molecule has 0 spiro atoms. The number of ether oxygens (including phenoxy) is 2. The molecule has 0 fully saturated rings. The van der Waals surface area contributed by atoms with Crippen LogP contribution in [-0.4, -0.2) is 24.6 Å². The number of phenols is 1. The molecule has 4 heteroatoms. The Bertz CT molecular complexity index is 462. The number of allylic oxidation sites excluding steroid dienone is 2. The molecule has 0 aromatic heterocycles. The van der Waals surface area contributed by atoms with Crippen LogP contribution in [0.1, 0.15) is 12.0 Å². The van der Waals surface area contributed by atoms with Crippen molar-refractivity contribution in [1.29, 1.82) is 0 Å². The topological polar surface area (TPSA) is 55.8 Å². The molecule has 1 aromatic rings. The smallest absolute Gasteiger partial charge is 0.162 e. The number of carbonyl (C=O) groups is 1. The summed E-state index contributed by atoms with van der Waals surface area (Å²) in [5, 5.41) is 9.46. The number of carbonyl (C=O) groups excluding carboxylic acids is 1. The van der Waals surface area contributed by atoms with Crippen molar-refractivity contribution in [3.05, 3.63) is 35.6 Å². The molecule has 90 valence electrons. The van der Waals surface area contributed by atoms with Gasteiger partial charge in [-0.3, -0.25) is 4.79 Å². The van der Waals surface area contributed by atoms with Crippen LogP contribution in [0.4, 0.5) is 0 Å². The molecule has 2 rings (SSSR count). The van der Waals surface area contributed by atoms with Crippen molar-refractivity contribution in [3.63, 3.8) is 0 Å². The number of benzene rings is 1. The second-order valence-corrected chi connectivity index (χ2v) is 3.86. The normalized spacial score (nSPS) is 15.1. The largest absolute Gasteiger partial charge is 0.504 e. The Morgan fingerprint density at radius 1 is 1.47 bits per heavy atom. The minimum atomic E-state index is 0.0944. The van der Waals surface area contributed by atoms with E-state index in [4.69, 9.17) is 9.47 Å². The highest BCUT2D eigenvalue weighted by Gasteiger charge is 2.12. The van der Waals surface area contributed by atoms with E-state index in [9.17, 15) is 9.90 Å². The van der Waals surface area contributed by atoms with Crippen LogP contribution in [-0.2, 0) is 16.0 Å². The minimum absolute atomic E-state index is 0.0944. The number of hydrogen-bond donors (Lipinski definition) is 1. The second kappa shape index (κ2) is 4.91. The van der Waals surface area contributed by atoms with Crippen molar-refractivity contribution >= 4 is 5.78 Å². The molecule has 0 saturated heterocycles. The number of hydrogen-bond acceptors (Lipinski definition) is 4. The average molecular weight is 234 g/mol. The van der Waals surface area contributed by atoms with Crippen molar-refractivity contribution in [2.45, 2.75) is 12.8 Å². The maximum Gasteiger partial charge on any atom is 0.162 e. The number of phenolic OH excluding ortho intramolecular Hbond substituents is 1. The molecule has 1 aliphatic heterocycles. The van der Waals surface area contributed by atoms with Crippen molar-refractivity contribution in [1.82, 2.24) is 0 Å². The van der Waals surface area contributed by atoms with Crippen molar-refractivity contribution in [2.24, 2.45) is 0 Å². The molecule has 0 atom stereocenters. The number of aromatic hydroxyl groups is 1. The van der Waals surface area contributed by atoms with Gasteiger partial charge < -0.3 is 14.6 Å². The van der Waals surface area contributed by atoms with Gasteiger partial charge in [0, 0.05) is 18.9 Å². The van der Waals surface area contributed by atoms with E-state index in [2.05, 4.69) is 0 Å². The molecular weight excluding hydrogens is 220 g/mol. The molecule has 1 N–H and O–H groups in total. The van der Waals surface area contributed by atoms with Crippen LogP contribution in [0.15, 0.2) is 30.0 Å². The third-order valence-electron chi connectivity index (χ3n) is 2.58. The Morgan fingerprint density at radius 2 is 2.29 bits per heavy atom. The van der Waals surface area contributed by atoms with E-state index in [0.29, 0.717) is 31.0 Å². The fourth-order valence-corrected chi connectivity index (χ4v) is 1.71. The Hall–Kier alpha value is -1.97. The lowest BCUT2D eigenvalue weighted by atomic mass is 10.1. The van der Waals surface area contributed by atoms with E-state index in [1.165, 1.54) is 13.2 Å². The Kier molecular flexibility index (Phi) is 3.32. The van der Waals surface area contributed by atoms with Crippen molar-refractivity contribution < 1.29 is 19.4 Å². The van der Waals surface area contributed by atoms with E-state index < -0.39 is 0 Å². The molecule has 1 aliphatic rings. The first-order valence-electron chi connectivity index (χ1n) is 5.41. The van der Waals surface area contributed by atoms with Crippen LogP contribution >= 0.6 is 0 Å². The summed E-state index contributed by atoms with van der Waals surface area (Å²) in [5.74, 6) is 1.28. The summed E-state index contributed by atoms with van der Waals surface area (Å²) in [6, 6.07) is 5.08. The van der Waals surface area contributed by atoms with Crippen molar-refractivity contribution in [3.8, 4) is 11.5 Å². The molecule has 1 heterocycles. The first-order chi connectivity index (χ1) is 8.19. The lowest BCUT2D eigenvalue weighted by Crippen LogP contribution is -2.11. The summed E-state index contributed by atoms with van der Waals surface area (Å²) < 4.78 is 10.4. The van der Waals surface area contributed by atoms with Gasteiger partial charge in [0.05, 0.1) is 13.7 Å². The minimum Gasteiger partial charge on any atom is -0.504 e. The fraction of sp³-hybridized carbons (Fsp3) is 0.308. The third kappa shape index (κ3) is 2.78. The van der Waals surface area contributed by atoms with E-state index in [0.717, 1.165) is 5.56 Å². The zero-order valence-corrected chi connectivity index (χ0v) is 9.60. The molecule has 0 bridgehead atoms. The fourth-order valence-electron chi connectivity index (χ4n) is 1.71. The zero-order chi connectivity index (χ0) is 12.3. The van der Waals surface area contributed by atoms with Crippen LogP contribution in [0, 0.1) is 0 Å². The van der Waals surface area contributed by atoms with Crippen molar-refractivity contribution in [2.75, 3.05) is 13.7 Å². The third-order valence-corrected chi connectivity index (χ3v) is 2.58. The molecule has 0 amide bonds. The maximum absolute atomic E-state index is 11.2. The van der Waals surface area contributed by atoms with E-state index in [-0.39, 0.29) is 11.5 Å². The first-order valence-corrected chi connectivity index (χ1v) is 5.41. The summed E-state index contributed by atoms with van der Waals surface area (Å²) in [5.41, 5.74) is 0.931. The van der Waals surface area contributed by atoms with Gasteiger partial charge in [0.15, 0.2) is 17.3 Å². The predicted molar refractivity (Wildman–Crippen MR) is 62.0 cm³/mol. The molecular formula is C13H14O4. The first kappa shape index (κ1) is 11.5. The van der Waals surface area contributed by atoms with Crippen LogP contribution in [0.2, 0.25) is 0 Å². The van der Waals surface area contributed by atoms with Crippen LogP contribution in [0.3, 0.4) is 0 Å². The monoisotopic (exact) mass is 234 g/mol. The van der Waals surface area contributed by atoms with Crippen LogP contribution in [0.25, 0.3) is 0 Å².